The van der Waals surface area contributed by atoms with Gasteiger partial charge in [-0.2, -0.15) is 0 Å². The number of benzene rings is 3. The minimum Gasteiger partial charge on any atom is -0.550 e. The van der Waals surface area contributed by atoms with Crippen molar-refractivity contribution in [2.24, 2.45) is 0 Å². The third kappa shape index (κ3) is 10.3. The van der Waals surface area contributed by atoms with E-state index in [4.69, 9.17) is 11.6 Å². The van der Waals surface area contributed by atoms with Crippen LogP contribution in [-0.2, 0) is 22.4 Å². The molecule has 0 aliphatic carbocycles. The minimum atomic E-state index is -1.84. The fourth-order valence-electron chi connectivity index (χ4n) is 3.91. The van der Waals surface area contributed by atoms with Crippen molar-refractivity contribution in [1.82, 2.24) is 0 Å². The molecule has 0 spiro atoms. The van der Waals surface area contributed by atoms with Crippen LogP contribution >= 0.6 is 11.6 Å². The van der Waals surface area contributed by atoms with Gasteiger partial charge < -0.3 is 49.8 Å². The number of carboxylic acid groups (broad SMARTS) is 4. The molecule has 3 rings (SSSR count). The van der Waals surface area contributed by atoms with E-state index in [0.717, 1.165) is 24.3 Å². The minimum absolute atomic E-state index is 0. The van der Waals surface area contributed by atoms with Crippen LogP contribution in [-0.4, -0.2) is 34.1 Å². The Labute approximate surface area is 321 Å². The van der Waals surface area contributed by atoms with E-state index in [1.54, 1.807) is 0 Å². The molecular weight excluding hydrogens is 588 g/mol. The first-order valence-electron chi connectivity index (χ1n) is 10.2. The number of phenols is 2. The number of aromatic hydroxyl groups is 2. The molecule has 0 aliphatic heterocycles. The van der Waals surface area contributed by atoms with Crippen LogP contribution in [0.4, 0.5) is 0 Å². The van der Waals surface area contributed by atoms with Gasteiger partial charge in [0.1, 0.15) is 11.5 Å². The summed E-state index contributed by atoms with van der Waals surface area (Å²) >= 11 is 5.95. The number of aliphatic carboxylic acids is 2. The SMILES string of the molecule is O=C([O-])Cc1cc(C(=O)[O-])c(O)c(C(c2ccc(Cl)cc2)c2cc(CC(=O)[O-])cc(C(=O)[O-])c2O)c1.[Na+].[Na+].[Na+].[Na+]. The average molecular weight is 603 g/mol. The number of carboxylic acids is 4. The molecule has 0 heterocycles. The maximum atomic E-state index is 11.7. The topological polar surface area (TPSA) is 201 Å². The van der Waals surface area contributed by atoms with Crippen molar-refractivity contribution in [3.8, 4) is 11.5 Å². The monoisotopic (exact) mass is 602 g/mol. The maximum absolute atomic E-state index is 11.7. The molecule has 0 unspecified atom stereocenters. The number of rotatable bonds is 9. The molecule has 3 aromatic rings. The van der Waals surface area contributed by atoms with E-state index in [1.807, 2.05) is 0 Å². The van der Waals surface area contributed by atoms with Gasteiger partial charge in [-0.15, -0.1) is 0 Å². The van der Waals surface area contributed by atoms with E-state index in [9.17, 15) is 49.8 Å². The predicted molar refractivity (Wildman–Crippen MR) is 115 cm³/mol. The zero-order valence-electron chi connectivity index (χ0n) is 22.1. The van der Waals surface area contributed by atoms with Crippen molar-refractivity contribution in [1.29, 1.82) is 0 Å². The third-order valence-electron chi connectivity index (χ3n) is 5.36. The van der Waals surface area contributed by atoms with Gasteiger partial charge in [0.05, 0.1) is 11.9 Å². The zero-order valence-corrected chi connectivity index (χ0v) is 30.9. The second-order valence-corrected chi connectivity index (χ2v) is 8.26. The normalized spacial score (nSPS) is 9.75. The van der Waals surface area contributed by atoms with Gasteiger partial charge >= 0.3 is 118 Å². The van der Waals surface area contributed by atoms with Crippen molar-refractivity contribution < 1.29 is 168 Å². The van der Waals surface area contributed by atoms with Crippen LogP contribution < -0.4 is 139 Å². The largest absolute Gasteiger partial charge is 1.00 e. The molecule has 40 heavy (non-hydrogen) atoms. The smallest absolute Gasteiger partial charge is 0.550 e. The third-order valence-corrected chi connectivity index (χ3v) is 5.61. The van der Waals surface area contributed by atoms with Crippen molar-refractivity contribution in [3.05, 3.63) is 92.5 Å². The summed E-state index contributed by atoms with van der Waals surface area (Å²) in [6, 6.07) is 9.74. The fraction of sp³-hybridized carbons (Fsp3) is 0.120. The molecule has 0 aromatic heterocycles. The van der Waals surface area contributed by atoms with E-state index in [-0.39, 0.29) is 151 Å². The summed E-state index contributed by atoms with van der Waals surface area (Å²) in [5.74, 6) is -9.83. The molecule has 2 N–H and O–H groups in total. The first-order chi connectivity index (χ1) is 16.9. The van der Waals surface area contributed by atoms with Crippen LogP contribution in [0.2, 0.25) is 5.02 Å². The fourth-order valence-corrected chi connectivity index (χ4v) is 4.03. The standard InChI is InChI=1S/C25H19ClO10.4Na/c26-14-3-1-13(2-4-14)21(15-5-11(9-19(27)28)7-17(22(15)31)24(33)34)16-6-12(10-20(29)30)8-18(23(16)32)25(35)36;;;;/h1-8,21,31-32H,9-10H2,(H,27,28)(H,29,30)(H,33,34)(H,35,36);;;;/q;4*+1/p-4. The van der Waals surface area contributed by atoms with Gasteiger partial charge in [0.15, 0.2) is 0 Å². The first-order valence-corrected chi connectivity index (χ1v) is 10.6. The van der Waals surface area contributed by atoms with Gasteiger partial charge in [-0.25, -0.2) is 0 Å². The summed E-state index contributed by atoms with van der Waals surface area (Å²) in [6.45, 7) is 0. The molecule has 3 aromatic carbocycles. The molecule has 0 amide bonds. The second-order valence-electron chi connectivity index (χ2n) is 7.82. The molecule has 0 aliphatic rings. The van der Waals surface area contributed by atoms with Gasteiger partial charge in [-0.05, 0) is 41.0 Å². The number of carbonyl (C=O) groups excluding carboxylic acids is 4. The Morgan fingerprint density at radius 3 is 1.30 bits per heavy atom. The predicted octanol–water partition coefficient (Wildman–Crippen LogP) is -13.7. The summed E-state index contributed by atoms with van der Waals surface area (Å²) in [6.07, 6.45) is -1.50. The van der Waals surface area contributed by atoms with Gasteiger partial charge in [0.2, 0.25) is 0 Å². The number of carbonyl (C=O) groups is 4. The quantitative estimate of drug-likeness (QED) is 0.175. The Morgan fingerprint density at radius 1 is 0.650 bits per heavy atom. The van der Waals surface area contributed by atoms with Crippen molar-refractivity contribution in [3.63, 3.8) is 0 Å². The molecule has 186 valence electrons. The van der Waals surface area contributed by atoms with Crippen molar-refractivity contribution in [2.75, 3.05) is 0 Å². The molecule has 0 bridgehead atoms. The van der Waals surface area contributed by atoms with Gasteiger partial charge in [-0.1, -0.05) is 35.9 Å². The summed E-state index contributed by atoms with van der Waals surface area (Å²) in [5.41, 5.74) is -2.00. The van der Waals surface area contributed by atoms with E-state index in [2.05, 4.69) is 0 Å². The molecule has 0 fully saturated rings. The van der Waals surface area contributed by atoms with E-state index < -0.39 is 65.3 Å². The van der Waals surface area contributed by atoms with Gasteiger partial charge in [0, 0.05) is 58.0 Å². The van der Waals surface area contributed by atoms with E-state index in [0.29, 0.717) is 0 Å². The van der Waals surface area contributed by atoms with E-state index in [1.165, 1.54) is 24.3 Å². The van der Waals surface area contributed by atoms with Crippen LogP contribution in [0.1, 0.15) is 54.5 Å². The number of hydrogen-bond acceptors (Lipinski definition) is 10. The van der Waals surface area contributed by atoms with Crippen molar-refractivity contribution in [2.45, 2.75) is 18.8 Å². The summed E-state index contributed by atoms with van der Waals surface area (Å²) in [4.78, 5) is 45.7. The number of halogens is 1. The first kappa shape index (κ1) is 41.6. The molecule has 10 nitrogen and oxygen atoms in total. The zero-order chi connectivity index (χ0) is 26.7. The molecule has 0 radical (unpaired) electrons. The number of aromatic carboxylic acids is 2. The van der Waals surface area contributed by atoms with Crippen LogP contribution in [0.25, 0.3) is 0 Å². The molecule has 0 atom stereocenters. The Bertz CT molecular complexity index is 1310. The van der Waals surface area contributed by atoms with Crippen LogP contribution in [0, 0.1) is 0 Å². The Balaban J connectivity index is 0. The summed E-state index contributed by atoms with van der Waals surface area (Å²) in [7, 11) is 0. The molecular formula is C25H15ClNa4O10. The summed E-state index contributed by atoms with van der Waals surface area (Å²) < 4.78 is 0. The Morgan fingerprint density at radius 2 is 1.00 bits per heavy atom. The molecule has 0 saturated heterocycles. The van der Waals surface area contributed by atoms with Gasteiger partial charge in [0.25, 0.3) is 0 Å². The average Bonchev–Trinajstić information content (AvgIpc) is 2.77. The van der Waals surface area contributed by atoms with Crippen molar-refractivity contribution >= 4 is 35.5 Å². The second kappa shape index (κ2) is 18.2. The van der Waals surface area contributed by atoms with Crippen LogP contribution in [0.3, 0.4) is 0 Å². The molecule has 15 heteroatoms. The van der Waals surface area contributed by atoms with E-state index >= 15 is 0 Å². The maximum Gasteiger partial charge on any atom is 1.00 e. The molecule has 0 saturated carbocycles. The summed E-state index contributed by atoms with van der Waals surface area (Å²) in [5, 5.41) is 67.7. The Hall–Kier alpha value is -0.570. The Kier molecular flexibility index (Phi) is 18.9. The number of hydrogen-bond donors (Lipinski definition) is 2. The van der Waals surface area contributed by atoms with Gasteiger partial charge in [-0.3, -0.25) is 0 Å². The van der Waals surface area contributed by atoms with Crippen LogP contribution in [0.5, 0.6) is 11.5 Å². The van der Waals surface area contributed by atoms with Crippen LogP contribution in [0.15, 0.2) is 48.5 Å².